The molecule has 1 saturated heterocycles. The van der Waals surface area contributed by atoms with Gasteiger partial charge in [-0.05, 0) is 25.1 Å². The van der Waals surface area contributed by atoms with Gasteiger partial charge in [0, 0.05) is 18.1 Å². The van der Waals surface area contributed by atoms with E-state index in [1.54, 1.807) is 6.92 Å². The van der Waals surface area contributed by atoms with Crippen LogP contribution in [0.1, 0.15) is 6.92 Å². The number of sulfonamides is 1. The first-order valence-corrected chi connectivity index (χ1v) is 7.77. The second-order valence-corrected chi connectivity index (χ2v) is 7.32. The number of ether oxygens (including phenoxy) is 1. The Morgan fingerprint density at radius 2 is 2.14 bits per heavy atom. The Kier molecular flexibility index (Phi) is 4.25. The van der Waals surface area contributed by atoms with Crippen molar-refractivity contribution in [1.29, 1.82) is 0 Å². The Morgan fingerprint density at radius 3 is 2.67 bits per heavy atom. The molecule has 0 aliphatic carbocycles. The van der Waals surface area contributed by atoms with Gasteiger partial charge in [-0.3, -0.25) is 0 Å². The minimum atomic E-state index is -3.99. The van der Waals surface area contributed by atoms with Gasteiger partial charge in [-0.15, -0.1) is 0 Å². The van der Waals surface area contributed by atoms with Gasteiger partial charge in [0.1, 0.15) is 17.3 Å². The predicted octanol–water partition coefficient (Wildman–Crippen LogP) is 1.34. The normalized spacial score (nSPS) is 18.2. The molecule has 1 aromatic carbocycles. The zero-order valence-corrected chi connectivity index (χ0v) is 12.6. The second-order valence-electron chi connectivity index (χ2n) is 4.98. The van der Waals surface area contributed by atoms with Crippen molar-refractivity contribution in [2.75, 3.05) is 19.7 Å². The monoisotopic (exact) mass is 337 g/mol. The average molecular weight is 338 g/mol. The van der Waals surface area contributed by atoms with Crippen molar-refractivity contribution in [2.24, 2.45) is 0 Å². The number of hydrogen-bond donors (Lipinski definition) is 1. The van der Waals surface area contributed by atoms with E-state index in [0.717, 1.165) is 16.4 Å². The van der Waals surface area contributed by atoms with Crippen LogP contribution in [0.25, 0.3) is 0 Å². The molecular formula is C12H13ClFNO5S. The molecule has 21 heavy (non-hydrogen) atoms. The lowest BCUT2D eigenvalue weighted by molar-refractivity contribution is -0.157. The maximum atomic E-state index is 13.7. The SMILES string of the molecule is CC1(OCC(=O)O)CN(S(=O)(=O)c2ccc(Cl)cc2F)C1. The van der Waals surface area contributed by atoms with E-state index >= 15 is 0 Å². The van der Waals surface area contributed by atoms with E-state index in [4.69, 9.17) is 21.4 Å². The number of hydrogen-bond acceptors (Lipinski definition) is 4. The van der Waals surface area contributed by atoms with Gasteiger partial charge in [0.25, 0.3) is 0 Å². The van der Waals surface area contributed by atoms with Crippen LogP contribution in [0.2, 0.25) is 5.02 Å². The largest absolute Gasteiger partial charge is 0.480 e. The Hall–Kier alpha value is -1.22. The molecule has 1 fully saturated rings. The molecule has 0 amide bonds. The number of carbonyl (C=O) groups is 1. The molecule has 0 spiro atoms. The van der Waals surface area contributed by atoms with E-state index in [1.807, 2.05) is 0 Å². The van der Waals surface area contributed by atoms with Crippen LogP contribution < -0.4 is 0 Å². The number of carboxylic acids is 1. The lowest BCUT2D eigenvalue weighted by Crippen LogP contribution is -2.63. The van der Waals surface area contributed by atoms with Crippen molar-refractivity contribution in [1.82, 2.24) is 4.31 Å². The van der Waals surface area contributed by atoms with Crippen LogP contribution in [-0.2, 0) is 19.6 Å². The van der Waals surface area contributed by atoms with Crippen LogP contribution in [-0.4, -0.2) is 49.1 Å². The fourth-order valence-electron chi connectivity index (χ4n) is 2.02. The van der Waals surface area contributed by atoms with E-state index in [9.17, 15) is 17.6 Å². The van der Waals surface area contributed by atoms with Crippen molar-refractivity contribution < 1.29 is 27.4 Å². The summed E-state index contributed by atoms with van der Waals surface area (Å²) in [6, 6.07) is 3.31. The van der Waals surface area contributed by atoms with E-state index in [0.29, 0.717) is 0 Å². The Balaban J connectivity index is 2.11. The van der Waals surface area contributed by atoms with Crippen LogP contribution in [0.5, 0.6) is 0 Å². The minimum absolute atomic E-state index is 0.0370. The summed E-state index contributed by atoms with van der Waals surface area (Å²) < 4.78 is 44.3. The third-order valence-corrected chi connectivity index (χ3v) is 5.14. The molecule has 0 bridgehead atoms. The summed E-state index contributed by atoms with van der Waals surface area (Å²) in [6.07, 6.45) is 0. The van der Waals surface area contributed by atoms with Crippen LogP contribution in [0.3, 0.4) is 0 Å². The Morgan fingerprint density at radius 1 is 1.52 bits per heavy atom. The topological polar surface area (TPSA) is 83.9 Å². The van der Waals surface area contributed by atoms with Crippen LogP contribution in [0.15, 0.2) is 23.1 Å². The highest BCUT2D eigenvalue weighted by atomic mass is 35.5. The van der Waals surface area contributed by atoms with Crippen molar-refractivity contribution in [3.8, 4) is 0 Å². The predicted molar refractivity (Wildman–Crippen MR) is 72.2 cm³/mol. The molecule has 1 aliphatic rings. The van der Waals surface area contributed by atoms with Crippen LogP contribution >= 0.6 is 11.6 Å². The van der Waals surface area contributed by atoms with Gasteiger partial charge < -0.3 is 9.84 Å². The Labute approximate surface area is 126 Å². The number of nitrogens with zero attached hydrogens (tertiary/aromatic N) is 1. The molecular weight excluding hydrogens is 325 g/mol. The number of aliphatic carboxylic acids is 1. The molecule has 9 heteroatoms. The maximum absolute atomic E-state index is 13.7. The number of benzene rings is 1. The average Bonchev–Trinajstić information content (AvgIpc) is 2.32. The van der Waals surface area contributed by atoms with E-state index in [1.165, 1.54) is 6.07 Å². The molecule has 2 rings (SSSR count). The number of carboxylic acid groups (broad SMARTS) is 1. The molecule has 6 nitrogen and oxygen atoms in total. The summed E-state index contributed by atoms with van der Waals surface area (Å²) in [7, 11) is -3.99. The zero-order chi connectivity index (χ0) is 15.8. The standard InChI is InChI=1S/C12H13ClFNO5S/c1-12(20-5-11(16)17)6-15(7-12)21(18,19)10-3-2-8(13)4-9(10)14/h2-4H,5-7H2,1H3,(H,16,17). The van der Waals surface area contributed by atoms with Gasteiger partial charge in [0.2, 0.25) is 10.0 Å². The first-order valence-electron chi connectivity index (χ1n) is 5.95. The summed E-state index contributed by atoms with van der Waals surface area (Å²) in [5.41, 5.74) is -0.881. The van der Waals surface area contributed by atoms with E-state index < -0.39 is 38.9 Å². The van der Waals surface area contributed by atoms with Crippen molar-refractivity contribution >= 4 is 27.6 Å². The summed E-state index contributed by atoms with van der Waals surface area (Å²) in [5, 5.41) is 8.65. The molecule has 0 saturated carbocycles. The highest BCUT2D eigenvalue weighted by Gasteiger charge is 2.47. The molecule has 116 valence electrons. The third-order valence-electron chi connectivity index (χ3n) is 3.08. The fraction of sp³-hybridized carbons (Fsp3) is 0.417. The second kappa shape index (κ2) is 5.53. The van der Waals surface area contributed by atoms with Crippen molar-refractivity contribution in [3.05, 3.63) is 29.0 Å². The van der Waals surface area contributed by atoms with Crippen LogP contribution in [0.4, 0.5) is 4.39 Å². The molecule has 1 N–H and O–H groups in total. The molecule has 0 unspecified atom stereocenters. The van der Waals surface area contributed by atoms with Crippen LogP contribution in [0, 0.1) is 5.82 Å². The van der Waals surface area contributed by atoms with Gasteiger partial charge in [0.05, 0.1) is 5.60 Å². The number of rotatable bonds is 5. The minimum Gasteiger partial charge on any atom is -0.480 e. The first-order chi connectivity index (χ1) is 9.64. The Bertz CT molecular complexity index is 672. The summed E-state index contributed by atoms with van der Waals surface area (Å²) >= 11 is 5.59. The lowest BCUT2D eigenvalue weighted by atomic mass is 10.0. The molecule has 0 aromatic heterocycles. The summed E-state index contributed by atoms with van der Waals surface area (Å²) in [6.45, 7) is 1.01. The highest BCUT2D eigenvalue weighted by Crippen LogP contribution is 2.32. The zero-order valence-electron chi connectivity index (χ0n) is 11.0. The number of halogens is 2. The van der Waals surface area contributed by atoms with Gasteiger partial charge in [-0.1, -0.05) is 11.6 Å². The molecule has 1 aromatic rings. The summed E-state index contributed by atoms with van der Waals surface area (Å²) in [5.74, 6) is -2.07. The molecule has 0 atom stereocenters. The van der Waals surface area contributed by atoms with Crippen molar-refractivity contribution in [3.63, 3.8) is 0 Å². The fourth-order valence-corrected chi connectivity index (χ4v) is 3.89. The van der Waals surface area contributed by atoms with Crippen molar-refractivity contribution in [2.45, 2.75) is 17.4 Å². The maximum Gasteiger partial charge on any atom is 0.329 e. The lowest BCUT2D eigenvalue weighted by Gasteiger charge is -2.46. The van der Waals surface area contributed by atoms with Gasteiger partial charge in [-0.2, -0.15) is 4.31 Å². The van der Waals surface area contributed by atoms with Gasteiger partial charge >= 0.3 is 5.97 Å². The quantitative estimate of drug-likeness (QED) is 0.876. The molecule has 0 radical (unpaired) electrons. The molecule has 1 aliphatic heterocycles. The highest BCUT2D eigenvalue weighted by molar-refractivity contribution is 7.89. The third kappa shape index (κ3) is 3.34. The van der Waals surface area contributed by atoms with Gasteiger partial charge in [0.15, 0.2) is 0 Å². The smallest absolute Gasteiger partial charge is 0.329 e. The molecule has 1 heterocycles. The van der Waals surface area contributed by atoms with E-state index in [2.05, 4.69) is 0 Å². The first kappa shape index (κ1) is 16.2. The summed E-state index contributed by atoms with van der Waals surface area (Å²) in [4.78, 5) is 9.98. The van der Waals surface area contributed by atoms with E-state index in [-0.39, 0.29) is 18.1 Å². The van der Waals surface area contributed by atoms with Gasteiger partial charge in [-0.25, -0.2) is 17.6 Å².